The van der Waals surface area contributed by atoms with Crippen molar-refractivity contribution in [1.29, 1.82) is 5.26 Å². The second-order valence-electron chi connectivity index (χ2n) is 3.80. The molecule has 0 unspecified atom stereocenters. The van der Waals surface area contributed by atoms with Crippen molar-refractivity contribution in [3.63, 3.8) is 0 Å². The highest BCUT2D eigenvalue weighted by molar-refractivity contribution is 9.10. The molecule has 2 rings (SSSR count). The molecule has 0 aliphatic rings. The molecule has 0 spiro atoms. The fraction of sp³-hybridized carbons (Fsp3) is 0.167. The van der Waals surface area contributed by atoms with Gasteiger partial charge in [-0.1, -0.05) is 0 Å². The summed E-state index contributed by atoms with van der Waals surface area (Å²) in [4.78, 5) is 9.26. The number of H-pyrrole nitrogens is 1. The van der Waals surface area contributed by atoms with E-state index in [2.05, 4.69) is 25.9 Å². The molecule has 0 saturated carbocycles. The molecule has 17 heavy (non-hydrogen) atoms. The van der Waals surface area contributed by atoms with Gasteiger partial charge in [0.05, 0.1) is 0 Å². The Labute approximate surface area is 108 Å². The predicted molar refractivity (Wildman–Crippen MR) is 70.8 cm³/mol. The Morgan fingerprint density at radius 3 is 2.41 bits per heavy atom. The highest BCUT2D eigenvalue weighted by Crippen LogP contribution is 2.23. The van der Waals surface area contributed by atoms with Gasteiger partial charge in [0.15, 0.2) is 5.69 Å². The minimum absolute atomic E-state index is 0.372. The van der Waals surface area contributed by atoms with Crippen LogP contribution in [0.2, 0.25) is 0 Å². The monoisotopic (exact) mass is 290 g/mol. The number of hydrogen-bond donors (Lipinski definition) is 1. The third kappa shape index (κ3) is 2.32. The van der Waals surface area contributed by atoms with Crippen molar-refractivity contribution in [2.24, 2.45) is 0 Å². The molecule has 1 aromatic heterocycles. The molecule has 2 aromatic rings. The van der Waals surface area contributed by atoms with Crippen molar-refractivity contribution in [3.8, 4) is 17.5 Å². The maximum atomic E-state index is 8.83. The van der Waals surface area contributed by atoms with Gasteiger partial charge in [0.2, 0.25) is 0 Å². The molecular weight excluding hydrogens is 280 g/mol. The minimum Gasteiger partial charge on any atom is -0.378 e. The van der Waals surface area contributed by atoms with Gasteiger partial charge in [-0.05, 0) is 40.2 Å². The standard InChI is InChI=1S/C12H11BrN4/c1-17(2)9-5-3-8(4-6-9)12-15-10(7-14)11(13)16-12/h3-6H,1-2H3,(H,15,16). The predicted octanol–water partition coefficient (Wildman–Crippen LogP) is 2.78. The molecule has 0 fully saturated rings. The summed E-state index contributed by atoms with van der Waals surface area (Å²) in [7, 11) is 3.98. The average Bonchev–Trinajstić information content (AvgIpc) is 2.70. The van der Waals surface area contributed by atoms with Crippen LogP contribution in [-0.4, -0.2) is 24.1 Å². The van der Waals surface area contributed by atoms with E-state index in [0.717, 1.165) is 11.3 Å². The summed E-state index contributed by atoms with van der Waals surface area (Å²) in [5, 5.41) is 8.83. The quantitative estimate of drug-likeness (QED) is 0.925. The Morgan fingerprint density at radius 1 is 1.29 bits per heavy atom. The topological polar surface area (TPSA) is 55.7 Å². The molecule has 1 N–H and O–H groups in total. The van der Waals surface area contributed by atoms with Crippen LogP contribution in [0.1, 0.15) is 5.69 Å². The van der Waals surface area contributed by atoms with Crippen molar-refractivity contribution in [2.45, 2.75) is 0 Å². The molecule has 0 amide bonds. The van der Waals surface area contributed by atoms with E-state index in [4.69, 9.17) is 5.26 Å². The van der Waals surface area contributed by atoms with Crippen LogP contribution in [0.4, 0.5) is 5.69 Å². The van der Waals surface area contributed by atoms with Gasteiger partial charge in [0.1, 0.15) is 16.5 Å². The van der Waals surface area contributed by atoms with Crippen molar-refractivity contribution in [3.05, 3.63) is 34.6 Å². The number of nitrogens with one attached hydrogen (secondary N) is 1. The number of benzene rings is 1. The first kappa shape index (κ1) is 11.7. The number of rotatable bonds is 2. The Kier molecular flexibility index (Phi) is 3.16. The summed E-state index contributed by atoms with van der Waals surface area (Å²) >= 11 is 3.26. The van der Waals surface area contributed by atoms with Crippen LogP contribution < -0.4 is 4.90 Å². The minimum atomic E-state index is 0.372. The first-order chi connectivity index (χ1) is 8.11. The lowest BCUT2D eigenvalue weighted by atomic mass is 10.2. The zero-order valence-electron chi connectivity index (χ0n) is 9.53. The summed E-state index contributed by atoms with van der Waals surface area (Å²) in [5.41, 5.74) is 2.45. The van der Waals surface area contributed by atoms with Crippen LogP contribution in [0.25, 0.3) is 11.4 Å². The van der Waals surface area contributed by atoms with Crippen LogP contribution in [0, 0.1) is 11.3 Å². The molecule has 0 atom stereocenters. The van der Waals surface area contributed by atoms with E-state index in [1.54, 1.807) is 0 Å². The van der Waals surface area contributed by atoms with E-state index >= 15 is 0 Å². The summed E-state index contributed by atoms with van der Waals surface area (Å²) in [6.45, 7) is 0. The molecular formula is C12H11BrN4. The van der Waals surface area contributed by atoms with Gasteiger partial charge < -0.3 is 9.88 Å². The van der Waals surface area contributed by atoms with Crippen LogP contribution >= 0.6 is 15.9 Å². The van der Waals surface area contributed by atoms with Crippen LogP contribution in [-0.2, 0) is 0 Å². The van der Waals surface area contributed by atoms with E-state index in [1.807, 2.05) is 49.3 Å². The van der Waals surface area contributed by atoms with Crippen LogP contribution in [0.15, 0.2) is 28.9 Å². The smallest absolute Gasteiger partial charge is 0.173 e. The Bertz CT molecular complexity index is 563. The van der Waals surface area contributed by atoms with E-state index < -0.39 is 0 Å². The molecule has 86 valence electrons. The largest absolute Gasteiger partial charge is 0.378 e. The molecule has 4 nitrogen and oxygen atoms in total. The number of anilines is 1. The lowest BCUT2D eigenvalue weighted by Gasteiger charge is -2.11. The molecule has 0 radical (unpaired) electrons. The first-order valence-electron chi connectivity index (χ1n) is 5.05. The lowest BCUT2D eigenvalue weighted by Crippen LogP contribution is -2.07. The van der Waals surface area contributed by atoms with E-state index in [1.165, 1.54) is 0 Å². The number of nitriles is 1. The van der Waals surface area contributed by atoms with Crippen molar-refractivity contribution in [2.75, 3.05) is 19.0 Å². The van der Waals surface area contributed by atoms with Crippen molar-refractivity contribution < 1.29 is 0 Å². The highest BCUT2D eigenvalue weighted by atomic mass is 79.9. The fourth-order valence-electron chi connectivity index (χ4n) is 1.48. The Morgan fingerprint density at radius 2 is 1.94 bits per heavy atom. The fourth-order valence-corrected chi connectivity index (χ4v) is 1.85. The van der Waals surface area contributed by atoms with E-state index in [0.29, 0.717) is 16.1 Å². The number of hydrogen-bond acceptors (Lipinski definition) is 3. The Balaban J connectivity index is 2.37. The third-order valence-corrected chi connectivity index (χ3v) is 3.00. The number of halogens is 1. The summed E-state index contributed by atoms with van der Waals surface area (Å²) < 4.78 is 0.617. The Hall–Kier alpha value is -1.80. The number of imidazole rings is 1. The normalized spacial score (nSPS) is 10.0. The van der Waals surface area contributed by atoms with Gasteiger partial charge >= 0.3 is 0 Å². The summed E-state index contributed by atoms with van der Waals surface area (Å²) in [6.07, 6.45) is 0. The summed E-state index contributed by atoms with van der Waals surface area (Å²) in [5.74, 6) is 0.693. The lowest BCUT2D eigenvalue weighted by molar-refractivity contribution is 1.13. The maximum absolute atomic E-state index is 8.83. The maximum Gasteiger partial charge on any atom is 0.173 e. The molecule has 1 aromatic carbocycles. The van der Waals surface area contributed by atoms with Crippen molar-refractivity contribution >= 4 is 21.6 Å². The zero-order valence-corrected chi connectivity index (χ0v) is 11.1. The molecule has 1 heterocycles. The van der Waals surface area contributed by atoms with Crippen LogP contribution in [0.3, 0.4) is 0 Å². The first-order valence-corrected chi connectivity index (χ1v) is 5.84. The summed E-state index contributed by atoms with van der Waals surface area (Å²) in [6, 6.07) is 9.99. The molecule has 0 aliphatic heterocycles. The molecule has 0 saturated heterocycles. The molecule has 0 bridgehead atoms. The van der Waals surface area contributed by atoms with Gasteiger partial charge in [0.25, 0.3) is 0 Å². The van der Waals surface area contributed by atoms with Crippen LogP contribution in [0.5, 0.6) is 0 Å². The van der Waals surface area contributed by atoms with Gasteiger partial charge in [0, 0.05) is 25.3 Å². The van der Waals surface area contributed by atoms with Gasteiger partial charge in [-0.2, -0.15) is 5.26 Å². The third-order valence-electron chi connectivity index (χ3n) is 2.42. The number of aromatic amines is 1. The molecule has 5 heteroatoms. The second kappa shape index (κ2) is 4.60. The van der Waals surface area contributed by atoms with E-state index in [-0.39, 0.29) is 0 Å². The van der Waals surface area contributed by atoms with Crippen molar-refractivity contribution in [1.82, 2.24) is 9.97 Å². The zero-order chi connectivity index (χ0) is 12.4. The van der Waals surface area contributed by atoms with Gasteiger partial charge in [-0.15, -0.1) is 0 Å². The molecule has 0 aliphatic carbocycles. The van der Waals surface area contributed by atoms with E-state index in [9.17, 15) is 0 Å². The number of nitrogens with zero attached hydrogens (tertiary/aromatic N) is 3. The second-order valence-corrected chi connectivity index (χ2v) is 4.59. The van der Waals surface area contributed by atoms with Gasteiger partial charge in [-0.3, -0.25) is 0 Å². The SMILES string of the molecule is CN(C)c1ccc(-c2nc(C#N)c(Br)[nH]2)cc1. The van der Waals surface area contributed by atoms with Gasteiger partial charge in [-0.25, -0.2) is 4.98 Å². The number of aromatic nitrogens is 2. The average molecular weight is 291 g/mol. The highest BCUT2D eigenvalue weighted by Gasteiger charge is 2.08.